The molecule has 5 nitrogen and oxygen atoms in total. The van der Waals surface area contributed by atoms with Crippen LogP contribution >= 0.6 is 36.4 Å². The molecule has 0 atom stereocenters. The minimum Gasteiger partial charge on any atom is -0.368 e. The minimum atomic E-state index is 0. The van der Waals surface area contributed by atoms with Gasteiger partial charge in [-0.05, 0) is 30.9 Å². The molecule has 0 aliphatic heterocycles. The van der Waals surface area contributed by atoms with Gasteiger partial charge < -0.3 is 9.88 Å². The van der Waals surface area contributed by atoms with Gasteiger partial charge in [0.1, 0.15) is 0 Å². The van der Waals surface area contributed by atoms with Crippen molar-refractivity contribution in [3.63, 3.8) is 0 Å². The van der Waals surface area contributed by atoms with Crippen LogP contribution in [-0.4, -0.2) is 26.1 Å². The highest BCUT2D eigenvalue weighted by Gasteiger charge is 2.21. The van der Waals surface area contributed by atoms with Crippen LogP contribution in [0.5, 0.6) is 0 Å². The number of nitrogens with one attached hydrogen (secondary N) is 1. The molecule has 0 unspecified atom stereocenters. The van der Waals surface area contributed by atoms with Crippen LogP contribution in [0.3, 0.4) is 0 Å². The topological polar surface area (TPSA) is 55.6 Å². The number of aromatic nitrogens is 4. The number of hydrogen-bond donors (Lipinski definition) is 1. The summed E-state index contributed by atoms with van der Waals surface area (Å²) in [6.07, 6.45) is 11.8. The van der Waals surface area contributed by atoms with E-state index >= 15 is 0 Å². The normalized spacial score (nSPS) is 14.4. The Balaban J connectivity index is 0.00000144. The molecule has 0 bridgehead atoms. The summed E-state index contributed by atoms with van der Waals surface area (Å²) in [7, 11) is 0. The highest BCUT2D eigenvalue weighted by atomic mass is 35.5. The Kier molecular flexibility index (Phi) is 9.09. The number of hydrogen-bond acceptors (Lipinski definition) is 4. The van der Waals surface area contributed by atoms with Gasteiger partial charge in [-0.15, -0.1) is 24.8 Å². The summed E-state index contributed by atoms with van der Waals surface area (Å²) < 4.78 is 2.18. The van der Waals surface area contributed by atoms with Gasteiger partial charge in [-0.1, -0.05) is 39.0 Å². The molecule has 1 N–H and O–H groups in total. The second kappa shape index (κ2) is 10.3. The average molecular weight is 395 g/mol. The third-order valence-corrected chi connectivity index (χ3v) is 4.60. The van der Waals surface area contributed by atoms with Crippen molar-refractivity contribution < 1.29 is 0 Å². The molecular formula is C16H26Cl3N5. The van der Waals surface area contributed by atoms with E-state index in [2.05, 4.69) is 31.8 Å². The SMILES string of the molecule is CCCCCCNc1nc(Cl)nc2c1ncn2C1CCCC1.Cl.Cl. The Labute approximate surface area is 160 Å². The number of unbranched alkanes of at least 4 members (excludes halogenated alkanes) is 3. The first-order chi connectivity index (χ1) is 10.8. The summed E-state index contributed by atoms with van der Waals surface area (Å²) in [6.45, 7) is 3.12. The zero-order chi connectivity index (χ0) is 15.4. The van der Waals surface area contributed by atoms with Gasteiger partial charge in [0.2, 0.25) is 5.28 Å². The van der Waals surface area contributed by atoms with Gasteiger partial charge in [-0.2, -0.15) is 9.97 Å². The molecule has 0 radical (unpaired) electrons. The second-order valence-electron chi connectivity index (χ2n) is 6.09. The van der Waals surface area contributed by atoms with E-state index in [0.29, 0.717) is 11.3 Å². The summed E-state index contributed by atoms with van der Waals surface area (Å²) in [5.74, 6) is 0.767. The lowest BCUT2D eigenvalue weighted by atomic mass is 10.2. The maximum Gasteiger partial charge on any atom is 0.226 e. The van der Waals surface area contributed by atoms with Crippen molar-refractivity contribution in [2.45, 2.75) is 64.3 Å². The molecule has 24 heavy (non-hydrogen) atoms. The van der Waals surface area contributed by atoms with Crippen LogP contribution in [0.1, 0.15) is 64.3 Å². The molecule has 1 saturated carbocycles. The van der Waals surface area contributed by atoms with Crippen molar-refractivity contribution in [1.82, 2.24) is 19.5 Å². The highest BCUT2D eigenvalue weighted by molar-refractivity contribution is 6.28. The number of halogens is 3. The first-order valence-corrected chi connectivity index (χ1v) is 8.81. The molecule has 8 heteroatoms. The minimum absolute atomic E-state index is 0. The third kappa shape index (κ3) is 4.87. The predicted molar refractivity (Wildman–Crippen MR) is 105 cm³/mol. The molecule has 0 aromatic carbocycles. The Morgan fingerprint density at radius 3 is 2.62 bits per heavy atom. The quantitative estimate of drug-likeness (QED) is 0.502. The first-order valence-electron chi connectivity index (χ1n) is 8.43. The standard InChI is InChI=1S/C16H24ClN5.2ClH/c1-2-3-4-7-10-18-14-13-15(21-16(17)20-14)22(11-19-13)12-8-5-6-9-12;;/h11-12H,2-10H2,1H3,(H,18,20,21);2*1H. The predicted octanol–water partition coefficient (Wildman–Crippen LogP) is 5.43. The lowest BCUT2D eigenvalue weighted by Crippen LogP contribution is -2.07. The smallest absolute Gasteiger partial charge is 0.226 e. The van der Waals surface area contributed by atoms with E-state index in [4.69, 9.17) is 11.6 Å². The number of fused-ring (bicyclic) bond motifs is 1. The maximum atomic E-state index is 6.12. The lowest BCUT2D eigenvalue weighted by Gasteiger charge is -2.12. The van der Waals surface area contributed by atoms with Crippen LogP contribution in [0, 0.1) is 0 Å². The summed E-state index contributed by atoms with van der Waals surface area (Å²) in [6, 6.07) is 0.508. The number of nitrogens with zero attached hydrogens (tertiary/aromatic N) is 4. The van der Waals surface area contributed by atoms with Crippen molar-refractivity contribution in [2.24, 2.45) is 0 Å². The Hall–Kier alpha value is -0.780. The monoisotopic (exact) mass is 393 g/mol. The maximum absolute atomic E-state index is 6.12. The van der Waals surface area contributed by atoms with Gasteiger partial charge >= 0.3 is 0 Å². The summed E-state index contributed by atoms with van der Waals surface area (Å²) in [4.78, 5) is 13.3. The van der Waals surface area contributed by atoms with Gasteiger partial charge in [-0.3, -0.25) is 0 Å². The van der Waals surface area contributed by atoms with Gasteiger partial charge in [0.15, 0.2) is 17.0 Å². The van der Waals surface area contributed by atoms with Gasteiger partial charge in [0.25, 0.3) is 0 Å². The molecule has 0 spiro atoms. The van der Waals surface area contributed by atoms with E-state index in [1.165, 1.54) is 44.9 Å². The molecule has 0 amide bonds. The van der Waals surface area contributed by atoms with E-state index in [9.17, 15) is 0 Å². The lowest BCUT2D eigenvalue weighted by molar-refractivity contribution is 0.529. The molecule has 2 heterocycles. The molecule has 2 aromatic rings. The summed E-state index contributed by atoms with van der Waals surface area (Å²) >= 11 is 6.12. The highest BCUT2D eigenvalue weighted by Crippen LogP contribution is 2.32. The molecule has 1 aliphatic rings. The van der Waals surface area contributed by atoms with Crippen molar-refractivity contribution >= 4 is 53.4 Å². The largest absolute Gasteiger partial charge is 0.368 e. The zero-order valence-corrected chi connectivity index (χ0v) is 16.4. The second-order valence-corrected chi connectivity index (χ2v) is 6.43. The van der Waals surface area contributed by atoms with E-state index in [0.717, 1.165) is 29.9 Å². The van der Waals surface area contributed by atoms with Crippen LogP contribution in [0.25, 0.3) is 11.2 Å². The van der Waals surface area contributed by atoms with Crippen molar-refractivity contribution in [2.75, 3.05) is 11.9 Å². The molecule has 3 rings (SSSR count). The summed E-state index contributed by atoms with van der Waals surface area (Å²) in [5.41, 5.74) is 1.70. The molecule has 1 aliphatic carbocycles. The fourth-order valence-corrected chi connectivity index (χ4v) is 3.39. The molecule has 136 valence electrons. The molecule has 1 fully saturated rings. The fraction of sp³-hybridized carbons (Fsp3) is 0.688. The van der Waals surface area contributed by atoms with E-state index in [1.807, 2.05) is 6.33 Å². The van der Waals surface area contributed by atoms with Gasteiger partial charge in [0.05, 0.1) is 6.33 Å². The molecular weight excluding hydrogens is 369 g/mol. The van der Waals surface area contributed by atoms with E-state index in [1.54, 1.807) is 0 Å². The molecule has 0 saturated heterocycles. The van der Waals surface area contributed by atoms with Gasteiger partial charge in [-0.25, -0.2) is 4.98 Å². The Morgan fingerprint density at radius 1 is 1.17 bits per heavy atom. The van der Waals surface area contributed by atoms with E-state index in [-0.39, 0.29) is 24.8 Å². The number of anilines is 1. The number of imidazole rings is 1. The van der Waals surface area contributed by atoms with E-state index < -0.39 is 0 Å². The Bertz CT molecular complexity index is 625. The first kappa shape index (κ1) is 21.3. The fourth-order valence-electron chi connectivity index (χ4n) is 3.22. The molecule has 2 aromatic heterocycles. The zero-order valence-electron chi connectivity index (χ0n) is 14.0. The van der Waals surface area contributed by atoms with Crippen molar-refractivity contribution in [3.8, 4) is 0 Å². The summed E-state index contributed by atoms with van der Waals surface area (Å²) in [5, 5.41) is 3.67. The van der Waals surface area contributed by atoms with Crippen molar-refractivity contribution in [3.05, 3.63) is 11.6 Å². The van der Waals surface area contributed by atoms with Crippen LogP contribution in [0.4, 0.5) is 5.82 Å². The van der Waals surface area contributed by atoms with Crippen LogP contribution in [0.2, 0.25) is 5.28 Å². The average Bonchev–Trinajstić information content (AvgIpc) is 3.15. The van der Waals surface area contributed by atoms with Crippen LogP contribution in [-0.2, 0) is 0 Å². The van der Waals surface area contributed by atoms with Crippen LogP contribution in [0.15, 0.2) is 6.33 Å². The van der Waals surface area contributed by atoms with Crippen molar-refractivity contribution in [1.29, 1.82) is 0 Å². The third-order valence-electron chi connectivity index (χ3n) is 4.43. The Morgan fingerprint density at radius 2 is 1.92 bits per heavy atom. The number of rotatable bonds is 7. The van der Waals surface area contributed by atoms with Gasteiger partial charge in [0, 0.05) is 12.6 Å². The van der Waals surface area contributed by atoms with Crippen LogP contribution < -0.4 is 5.32 Å².